The first-order chi connectivity index (χ1) is 12.3. The molecular weight excluding hydrogens is 306 g/mol. The molecule has 25 heavy (non-hydrogen) atoms. The molecule has 0 saturated heterocycles. The van der Waals surface area contributed by atoms with E-state index >= 15 is 0 Å². The van der Waals surface area contributed by atoms with Crippen molar-refractivity contribution >= 4 is 10.9 Å². The highest BCUT2D eigenvalue weighted by atomic mass is 14.9. The van der Waals surface area contributed by atoms with E-state index in [0.717, 1.165) is 40.8 Å². The largest absolute Gasteiger partial charge is 0.249 e. The predicted octanol–water partition coefficient (Wildman–Crippen LogP) is 4.85. The van der Waals surface area contributed by atoms with Crippen molar-refractivity contribution in [2.45, 2.75) is 19.8 Å². The Kier molecular flexibility index (Phi) is 4.21. The molecule has 0 bridgehead atoms. The van der Waals surface area contributed by atoms with Gasteiger partial charge in [-0.05, 0) is 30.2 Å². The van der Waals surface area contributed by atoms with Crippen LogP contribution in [0.2, 0.25) is 0 Å². The van der Waals surface area contributed by atoms with Gasteiger partial charge in [-0.15, -0.1) is 0 Å². The Morgan fingerprint density at radius 3 is 2.36 bits per heavy atom. The molecule has 2 aromatic heterocycles. The maximum absolute atomic E-state index is 4.80. The van der Waals surface area contributed by atoms with E-state index in [4.69, 9.17) is 15.0 Å². The smallest absolute Gasteiger partial charge is 0.178 e. The highest BCUT2D eigenvalue weighted by molar-refractivity contribution is 5.82. The topological polar surface area (TPSA) is 38.7 Å². The molecule has 0 amide bonds. The number of aromatic nitrogens is 3. The third kappa shape index (κ3) is 3.26. The molecule has 0 radical (unpaired) electrons. The number of benzene rings is 2. The first kappa shape index (κ1) is 15.5. The monoisotopic (exact) mass is 325 g/mol. The highest BCUT2D eigenvalue weighted by Gasteiger charge is 2.10. The summed E-state index contributed by atoms with van der Waals surface area (Å²) in [5.41, 5.74) is 5.14. The second kappa shape index (κ2) is 6.81. The molecule has 4 aromatic rings. The van der Waals surface area contributed by atoms with Crippen molar-refractivity contribution < 1.29 is 0 Å². The lowest BCUT2D eigenvalue weighted by molar-refractivity contribution is 1.01. The lowest BCUT2D eigenvalue weighted by atomic mass is 10.1. The van der Waals surface area contributed by atoms with Crippen LogP contribution in [0.15, 0.2) is 72.8 Å². The second-order valence-corrected chi connectivity index (χ2v) is 6.04. The Morgan fingerprint density at radius 1 is 0.720 bits per heavy atom. The summed E-state index contributed by atoms with van der Waals surface area (Å²) in [6, 6.07) is 24.6. The maximum Gasteiger partial charge on any atom is 0.178 e. The van der Waals surface area contributed by atoms with E-state index in [1.807, 2.05) is 36.4 Å². The molecule has 0 saturated carbocycles. The molecule has 2 aromatic carbocycles. The van der Waals surface area contributed by atoms with E-state index in [9.17, 15) is 0 Å². The van der Waals surface area contributed by atoms with Crippen LogP contribution in [0.25, 0.3) is 22.4 Å². The molecule has 3 nitrogen and oxygen atoms in total. The zero-order valence-corrected chi connectivity index (χ0v) is 14.2. The standard InChI is InChI=1S/C22H19N3/c1-2-19-18-12-6-7-13-20(18)25-22(24-19)21-14-8-11-17(23-21)15-16-9-4-3-5-10-16/h3-14H,2,15H2,1H3. The fourth-order valence-electron chi connectivity index (χ4n) is 3.03. The number of fused-ring (bicyclic) bond motifs is 1. The minimum atomic E-state index is 0.700. The van der Waals surface area contributed by atoms with Gasteiger partial charge in [0.1, 0.15) is 5.69 Å². The van der Waals surface area contributed by atoms with E-state index in [1.54, 1.807) is 0 Å². The van der Waals surface area contributed by atoms with E-state index < -0.39 is 0 Å². The fraction of sp³-hybridized carbons (Fsp3) is 0.136. The summed E-state index contributed by atoms with van der Waals surface area (Å²) in [6.07, 6.45) is 1.68. The third-order valence-corrected chi connectivity index (χ3v) is 4.28. The third-order valence-electron chi connectivity index (χ3n) is 4.28. The molecule has 0 atom stereocenters. The number of rotatable bonds is 4. The van der Waals surface area contributed by atoms with Crippen molar-refractivity contribution in [3.63, 3.8) is 0 Å². The number of hydrogen-bond donors (Lipinski definition) is 0. The Bertz CT molecular complexity index is 1010. The maximum atomic E-state index is 4.80. The van der Waals surface area contributed by atoms with Crippen LogP contribution in [0.3, 0.4) is 0 Å². The number of pyridine rings is 1. The summed E-state index contributed by atoms with van der Waals surface area (Å²) in [6.45, 7) is 2.12. The lowest BCUT2D eigenvalue weighted by Crippen LogP contribution is -2.00. The number of hydrogen-bond acceptors (Lipinski definition) is 3. The first-order valence-electron chi connectivity index (χ1n) is 8.59. The van der Waals surface area contributed by atoms with Gasteiger partial charge in [0.05, 0.1) is 11.2 Å². The molecule has 2 heterocycles. The van der Waals surface area contributed by atoms with E-state index in [0.29, 0.717) is 5.82 Å². The average Bonchev–Trinajstić information content (AvgIpc) is 2.68. The van der Waals surface area contributed by atoms with Gasteiger partial charge in [-0.25, -0.2) is 15.0 Å². The summed E-state index contributed by atoms with van der Waals surface area (Å²) in [7, 11) is 0. The van der Waals surface area contributed by atoms with Crippen LogP contribution in [0.1, 0.15) is 23.9 Å². The van der Waals surface area contributed by atoms with Gasteiger partial charge in [0, 0.05) is 17.5 Å². The number of nitrogens with zero attached hydrogens (tertiary/aromatic N) is 3. The van der Waals surface area contributed by atoms with Crippen molar-refractivity contribution in [3.05, 3.63) is 89.7 Å². The van der Waals surface area contributed by atoms with Crippen molar-refractivity contribution in [1.82, 2.24) is 15.0 Å². The lowest BCUT2D eigenvalue weighted by Gasteiger charge is -2.08. The normalized spacial score (nSPS) is 10.9. The second-order valence-electron chi connectivity index (χ2n) is 6.04. The van der Waals surface area contributed by atoms with Crippen LogP contribution in [-0.2, 0) is 12.8 Å². The number of para-hydroxylation sites is 1. The average molecular weight is 325 g/mol. The van der Waals surface area contributed by atoms with Crippen LogP contribution in [-0.4, -0.2) is 15.0 Å². The van der Waals surface area contributed by atoms with Crippen molar-refractivity contribution in [2.75, 3.05) is 0 Å². The van der Waals surface area contributed by atoms with Gasteiger partial charge < -0.3 is 0 Å². The quantitative estimate of drug-likeness (QED) is 0.538. The van der Waals surface area contributed by atoms with Crippen molar-refractivity contribution in [3.8, 4) is 11.5 Å². The Labute approximate surface area is 147 Å². The van der Waals surface area contributed by atoms with Gasteiger partial charge >= 0.3 is 0 Å². The van der Waals surface area contributed by atoms with Gasteiger partial charge in [0.15, 0.2) is 5.82 Å². The summed E-state index contributed by atoms with van der Waals surface area (Å²) in [5.74, 6) is 0.700. The first-order valence-corrected chi connectivity index (χ1v) is 8.59. The zero-order chi connectivity index (χ0) is 17.1. The Hall–Kier alpha value is -3.07. The van der Waals surface area contributed by atoms with Crippen LogP contribution in [0.4, 0.5) is 0 Å². The van der Waals surface area contributed by atoms with Crippen LogP contribution >= 0.6 is 0 Å². The van der Waals surface area contributed by atoms with Crippen LogP contribution in [0, 0.1) is 0 Å². The highest BCUT2D eigenvalue weighted by Crippen LogP contribution is 2.21. The molecule has 0 aliphatic rings. The van der Waals surface area contributed by atoms with Gasteiger partial charge in [0.25, 0.3) is 0 Å². The van der Waals surface area contributed by atoms with Gasteiger partial charge in [0.2, 0.25) is 0 Å². The van der Waals surface area contributed by atoms with E-state index in [-0.39, 0.29) is 0 Å². The molecule has 4 rings (SSSR count). The minimum absolute atomic E-state index is 0.700. The molecule has 122 valence electrons. The van der Waals surface area contributed by atoms with Crippen LogP contribution in [0.5, 0.6) is 0 Å². The Morgan fingerprint density at radius 2 is 1.52 bits per heavy atom. The van der Waals surface area contributed by atoms with Gasteiger partial charge in [-0.3, -0.25) is 0 Å². The van der Waals surface area contributed by atoms with Crippen LogP contribution < -0.4 is 0 Å². The predicted molar refractivity (Wildman–Crippen MR) is 101 cm³/mol. The zero-order valence-electron chi connectivity index (χ0n) is 14.2. The molecule has 0 aliphatic heterocycles. The van der Waals surface area contributed by atoms with Gasteiger partial charge in [-0.1, -0.05) is 61.5 Å². The SMILES string of the molecule is CCc1nc(-c2cccc(Cc3ccccc3)n2)nc2ccccc12. The molecular formula is C22H19N3. The Balaban J connectivity index is 1.75. The minimum Gasteiger partial charge on any atom is -0.249 e. The fourth-order valence-corrected chi connectivity index (χ4v) is 3.03. The molecule has 0 unspecified atom stereocenters. The summed E-state index contributed by atoms with van der Waals surface area (Å²) < 4.78 is 0. The molecule has 0 aliphatic carbocycles. The summed E-state index contributed by atoms with van der Waals surface area (Å²) >= 11 is 0. The van der Waals surface area contributed by atoms with Crippen molar-refractivity contribution in [1.29, 1.82) is 0 Å². The molecule has 3 heteroatoms. The molecule has 0 N–H and O–H groups in total. The summed E-state index contributed by atoms with van der Waals surface area (Å²) in [5, 5.41) is 1.12. The van der Waals surface area contributed by atoms with Crippen molar-refractivity contribution in [2.24, 2.45) is 0 Å². The van der Waals surface area contributed by atoms with E-state index in [2.05, 4.69) is 43.3 Å². The molecule has 0 fully saturated rings. The van der Waals surface area contributed by atoms with Gasteiger partial charge in [-0.2, -0.15) is 0 Å². The van der Waals surface area contributed by atoms with E-state index in [1.165, 1.54) is 5.56 Å². The number of aryl methyl sites for hydroxylation is 1. The molecule has 0 spiro atoms. The summed E-state index contributed by atoms with van der Waals surface area (Å²) in [4.78, 5) is 14.3.